The molecule has 0 unspecified atom stereocenters. The van der Waals surface area contributed by atoms with Crippen molar-refractivity contribution in [1.82, 2.24) is 0 Å². The van der Waals surface area contributed by atoms with Crippen LogP contribution < -0.4 is 4.74 Å². The maximum absolute atomic E-state index is 10.2. The van der Waals surface area contributed by atoms with Gasteiger partial charge >= 0.3 is 5.97 Å². The summed E-state index contributed by atoms with van der Waals surface area (Å²) in [5.74, 6) is -0.416. The van der Waals surface area contributed by atoms with Crippen molar-refractivity contribution in [2.45, 2.75) is 6.92 Å². The summed E-state index contributed by atoms with van der Waals surface area (Å²) in [6.07, 6.45) is 2.42. The second-order valence-corrected chi connectivity index (χ2v) is 3.14. The van der Waals surface area contributed by atoms with Crippen LogP contribution in [-0.4, -0.2) is 17.7 Å². The summed E-state index contributed by atoms with van der Waals surface area (Å²) in [4.78, 5) is 10.2. The highest BCUT2D eigenvalue weighted by Crippen LogP contribution is 2.18. The van der Waals surface area contributed by atoms with Gasteiger partial charge in [-0.05, 0) is 30.7 Å². The number of ether oxygens (including phenoxy) is 1. The minimum atomic E-state index is -1.01. The Morgan fingerprint density at radius 2 is 2.38 bits per heavy atom. The third-order valence-corrected chi connectivity index (χ3v) is 1.91. The van der Waals surface area contributed by atoms with Gasteiger partial charge in [-0.1, -0.05) is 6.07 Å². The molecular weight excluding hydrogens is 206 g/mol. The maximum Gasteiger partial charge on any atom is 0.328 e. The Bertz CT molecular complexity index is 458. The lowest BCUT2D eigenvalue weighted by Gasteiger charge is -2.06. The first-order valence-electron chi connectivity index (χ1n) is 4.66. The molecule has 1 N–H and O–H groups in total. The van der Waals surface area contributed by atoms with Crippen molar-refractivity contribution >= 4 is 5.97 Å². The molecule has 0 spiro atoms. The fraction of sp³-hybridized carbons (Fsp3) is 0.167. The molecule has 4 heteroatoms. The van der Waals surface area contributed by atoms with Crippen LogP contribution >= 0.6 is 0 Å². The molecule has 16 heavy (non-hydrogen) atoms. The molecule has 0 aromatic heterocycles. The number of rotatable bonds is 4. The number of carboxylic acids is 1. The predicted molar refractivity (Wildman–Crippen MR) is 58.2 cm³/mol. The van der Waals surface area contributed by atoms with Gasteiger partial charge in [0.2, 0.25) is 0 Å². The van der Waals surface area contributed by atoms with Gasteiger partial charge in [0.1, 0.15) is 12.4 Å². The van der Waals surface area contributed by atoms with E-state index in [0.717, 1.165) is 11.6 Å². The highest BCUT2D eigenvalue weighted by atomic mass is 16.5. The van der Waals surface area contributed by atoms with Gasteiger partial charge in [-0.3, -0.25) is 0 Å². The lowest BCUT2D eigenvalue weighted by atomic mass is 10.1. The minimum Gasteiger partial charge on any atom is -0.489 e. The number of carboxylic acid groups (broad SMARTS) is 1. The van der Waals surface area contributed by atoms with Crippen molar-refractivity contribution in [1.29, 1.82) is 5.26 Å². The van der Waals surface area contributed by atoms with Gasteiger partial charge in [0.25, 0.3) is 0 Å². The fourth-order valence-corrected chi connectivity index (χ4v) is 1.11. The zero-order valence-electron chi connectivity index (χ0n) is 8.80. The van der Waals surface area contributed by atoms with Crippen molar-refractivity contribution in [2.24, 2.45) is 0 Å². The van der Waals surface area contributed by atoms with Gasteiger partial charge in [0.15, 0.2) is 0 Å². The molecule has 0 amide bonds. The molecule has 4 nitrogen and oxygen atoms in total. The van der Waals surface area contributed by atoms with Crippen LogP contribution in [0.4, 0.5) is 0 Å². The Kier molecular flexibility index (Phi) is 4.10. The van der Waals surface area contributed by atoms with E-state index in [4.69, 9.17) is 15.1 Å². The van der Waals surface area contributed by atoms with Crippen LogP contribution in [0.2, 0.25) is 0 Å². The summed E-state index contributed by atoms with van der Waals surface area (Å²) in [6.45, 7) is 2.03. The van der Waals surface area contributed by atoms with E-state index in [9.17, 15) is 4.79 Å². The van der Waals surface area contributed by atoms with E-state index in [1.165, 1.54) is 6.08 Å². The molecule has 0 saturated heterocycles. The van der Waals surface area contributed by atoms with Gasteiger partial charge in [-0.25, -0.2) is 4.79 Å². The number of hydrogen-bond acceptors (Lipinski definition) is 3. The number of carbonyl (C=O) groups is 1. The van der Waals surface area contributed by atoms with Crippen molar-refractivity contribution in [2.75, 3.05) is 6.61 Å². The molecule has 1 aromatic carbocycles. The standard InChI is InChI=1S/C12H11NO3/c1-9-4-5-10(8-13)7-11(9)16-6-2-3-12(14)15/h2-5,7H,6H2,1H3,(H,14,15)/b3-2+. The van der Waals surface area contributed by atoms with E-state index in [2.05, 4.69) is 0 Å². The van der Waals surface area contributed by atoms with Crippen LogP contribution in [0, 0.1) is 18.3 Å². The third-order valence-electron chi connectivity index (χ3n) is 1.91. The quantitative estimate of drug-likeness (QED) is 0.782. The SMILES string of the molecule is Cc1ccc(C#N)cc1OC/C=C/C(=O)O. The molecule has 1 aromatic rings. The van der Waals surface area contributed by atoms with Crippen molar-refractivity contribution < 1.29 is 14.6 Å². The van der Waals surface area contributed by atoms with Gasteiger partial charge in [0.05, 0.1) is 11.6 Å². The average molecular weight is 217 g/mol. The lowest BCUT2D eigenvalue weighted by Crippen LogP contribution is -1.97. The molecule has 82 valence electrons. The Morgan fingerprint density at radius 1 is 1.62 bits per heavy atom. The lowest BCUT2D eigenvalue weighted by molar-refractivity contribution is -0.131. The Labute approximate surface area is 93.4 Å². The first kappa shape index (κ1) is 11.8. The van der Waals surface area contributed by atoms with E-state index >= 15 is 0 Å². The Balaban J connectivity index is 2.67. The predicted octanol–water partition coefficient (Wildman–Crippen LogP) is 1.89. The van der Waals surface area contributed by atoms with Crippen LogP contribution in [0.25, 0.3) is 0 Å². The fourth-order valence-electron chi connectivity index (χ4n) is 1.11. The minimum absolute atomic E-state index is 0.169. The first-order chi connectivity index (χ1) is 7.63. The summed E-state index contributed by atoms with van der Waals surface area (Å²) in [5.41, 5.74) is 1.42. The molecule has 0 aliphatic carbocycles. The number of aryl methyl sites for hydroxylation is 1. The summed E-state index contributed by atoms with van der Waals surface area (Å²) < 4.78 is 5.33. The Morgan fingerprint density at radius 3 is 3.00 bits per heavy atom. The van der Waals surface area contributed by atoms with Crippen LogP contribution in [-0.2, 0) is 4.79 Å². The van der Waals surface area contributed by atoms with E-state index in [1.54, 1.807) is 18.2 Å². The number of nitriles is 1. The van der Waals surface area contributed by atoms with Crippen molar-refractivity contribution in [3.05, 3.63) is 41.5 Å². The number of benzene rings is 1. The molecule has 0 fully saturated rings. The van der Waals surface area contributed by atoms with Gasteiger partial charge in [-0.15, -0.1) is 0 Å². The zero-order chi connectivity index (χ0) is 12.0. The van der Waals surface area contributed by atoms with Crippen LogP contribution in [0.15, 0.2) is 30.4 Å². The molecule has 0 aliphatic rings. The van der Waals surface area contributed by atoms with Crippen molar-refractivity contribution in [3.8, 4) is 11.8 Å². The molecule has 0 atom stereocenters. The van der Waals surface area contributed by atoms with E-state index < -0.39 is 5.97 Å². The van der Waals surface area contributed by atoms with Crippen LogP contribution in [0.3, 0.4) is 0 Å². The van der Waals surface area contributed by atoms with Gasteiger partial charge in [-0.2, -0.15) is 5.26 Å². The average Bonchev–Trinajstić information content (AvgIpc) is 2.26. The zero-order valence-corrected chi connectivity index (χ0v) is 8.80. The van der Waals surface area contributed by atoms with Gasteiger partial charge < -0.3 is 9.84 Å². The summed E-state index contributed by atoms with van der Waals surface area (Å²) in [5, 5.41) is 17.1. The third kappa shape index (κ3) is 3.46. The second kappa shape index (κ2) is 5.56. The highest BCUT2D eigenvalue weighted by molar-refractivity contribution is 5.79. The van der Waals surface area contributed by atoms with Crippen LogP contribution in [0.5, 0.6) is 5.75 Å². The van der Waals surface area contributed by atoms with Crippen LogP contribution in [0.1, 0.15) is 11.1 Å². The topological polar surface area (TPSA) is 70.3 Å². The molecule has 0 bridgehead atoms. The highest BCUT2D eigenvalue weighted by Gasteiger charge is 2.00. The summed E-state index contributed by atoms with van der Waals surface area (Å²) in [7, 11) is 0. The molecule has 0 aliphatic heterocycles. The van der Waals surface area contributed by atoms with Crippen molar-refractivity contribution in [3.63, 3.8) is 0 Å². The molecule has 0 saturated carbocycles. The molecular formula is C12H11NO3. The summed E-state index contributed by atoms with van der Waals surface area (Å²) >= 11 is 0. The van der Waals surface area contributed by atoms with E-state index in [1.807, 2.05) is 13.0 Å². The second-order valence-electron chi connectivity index (χ2n) is 3.14. The smallest absolute Gasteiger partial charge is 0.328 e. The molecule has 1 rings (SSSR count). The monoisotopic (exact) mass is 217 g/mol. The Hall–Kier alpha value is -2.28. The maximum atomic E-state index is 10.2. The number of nitrogens with zero attached hydrogens (tertiary/aromatic N) is 1. The largest absolute Gasteiger partial charge is 0.489 e. The number of hydrogen-bond donors (Lipinski definition) is 1. The van der Waals surface area contributed by atoms with E-state index in [0.29, 0.717) is 11.3 Å². The molecule has 0 heterocycles. The summed E-state index contributed by atoms with van der Waals surface area (Å²) in [6, 6.07) is 7.13. The van der Waals surface area contributed by atoms with Gasteiger partial charge in [0, 0.05) is 6.08 Å². The first-order valence-corrected chi connectivity index (χ1v) is 4.66. The normalized spacial score (nSPS) is 10.0. The van der Waals surface area contributed by atoms with E-state index in [-0.39, 0.29) is 6.61 Å². The number of aliphatic carboxylic acids is 1. The molecule has 0 radical (unpaired) electrons.